The number of rotatable bonds is 5. The summed E-state index contributed by atoms with van der Waals surface area (Å²) in [6, 6.07) is 23.8. The summed E-state index contributed by atoms with van der Waals surface area (Å²) < 4.78 is 1.36. The zero-order chi connectivity index (χ0) is 18.4. The van der Waals surface area contributed by atoms with E-state index in [1.807, 2.05) is 67.6 Å². The van der Waals surface area contributed by atoms with Gasteiger partial charge in [0.25, 0.3) is 11.5 Å². The van der Waals surface area contributed by atoms with Crippen LogP contribution in [0.25, 0.3) is 11.8 Å². The molecule has 0 aliphatic carbocycles. The van der Waals surface area contributed by atoms with Crippen LogP contribution in [0.1, 0.15) is 24.1 Å². The first-order chi connectivity index (χ1) is 12.6. The monoisotopic (exact) mass is 344 g/mol. The number of pyridine rings is 1. The maximum Gasteiger partial charge on any atom is 0.268 e. The van der Waals surface area contributed by atoms with Crippen molar-refractivity contribution in [1.29, 1.82) is 0 Å². The van der Waals surface area contributed by atoms with Crippen LogP contribution in [0.2, 0.25) is 0 Å². The summed E-state index contributed by atoms with van der Waals surface area (Å²) in [6.07, 6.45) is 3.32. The van der Waals surface area contributed by atoms with Crippen LogP contribution in [0.4, 0.5) is 0 Å². The Hall–Kier alpha value is -3.40. The lowest BCUT2D eigenvalue weighted by Crippen LogP contribution is -2.32. The standard InChI is InChI=1S/C22H20N2O2/c1-17(19-12-6-3-7-13-19)23-22(26)20(16-18-10-4-2-5-11-18)24-15-9-8-14-21(24)25/h2-17H,1H3,(H,23,26)/b20-16+. The molecule has 3 rings (SSSR count). The van der Waals surface area contributed by atoms with Crippen molar-refractivity contribution in [2.75, 3.05) is 0 Å². The van der Waals surface area contributed by atoms with Crippen LogP contribution in [0, 0.1) is 0 Å². The smallest absolute Gasteiger partial charge is 0.268 e. The van der Waals surface area contributed by atoms with E-state index in [1.54, 1.807) is 24.4 Å². The van der Waals surface area contributed by atoms with Crippen LogP contribution < -0.4 is 10.9 Å². The number of amides is 1. The van der Waals surface area contributed by atoms with E-state index in [9.17, 15) is 9.59 Å². The van der Waals surface area contributed by atoms with Gasteiger partial charge in [-0.3, -0.25) is 14.2 Å². The summed E-state index contributed by atoms with van der Waals surface area (Å²) in [6.45, 7) is 1.92. The molecule has 4 nitrogen and oxygen atoms in total. The van der Waals surface area contributed by atoms with Crippen molar-refractivity contribution < 1.29 is 4.79 Å². The average molecular weight is 344 g/mol. The number of nitrogens with zero attached hydrogens (tertiary/aromatic N) is 1. The van der Waals surface area contributed by atoms with E-state index in [2.05, 4.69) is 5.32 Å². The Labute approximate surface area is 152 Å². The van der Waals surface area contributed by atoms with Crippen molar-refractivity contribution in [1.82, 2.24) is 9.88 Å². The fourth-order valence-corrected chi connectivity index (χ4v) is 2.67. The molecule has 130 valence electrons. The van der Waals surface area contributed by atoms with Crippen LogP contribution >= 0.6 is 0 Å². The Morgan fingerprint density at radius 1 is 0.923 bits per heavy atom. The molecule has 1 atom stereocenters. The van der Waals surface area contributed by atoms with E-state index >= 15 is 0 Å². The molecule has 0 saturated heterocycles. The molecule has 1 amide bonds. The Balaban J connectivity index is 1.96. The zero-order valence-electron chi connectivity index (χ0n) is 14.5. The fourth-order valence-electron chi connectivity index (χ4n) is 2.67. The first-order valence-electron chi connectivity index (χ1n) is 8.46. The molecule has 1 heterocycles. The van der Waals surface area contributed by atoms with Crippen molar-refractivity contribution in [3.05, 3.63) is 107 Å². The van der Waals surface area contributed by atoms with Crippen molar-refractivity contribution in [3.63, 3.8) is 0 Å². The maximum atomic E-state index is 12.9. The van der Waals surface area contributed by atoms with E-state index in [1.165, 1.54) is 10.6 Å². The molecule has 3 aromatic rings. The lowest BCUT2D eigenvalue weighted by atomic mass is 10.1. The van der Waals surface area contributed by atoms with Gasteiger partial charge in [-0.25, -0.2) is 0 Å². The Kier molecular flexibility index (Phi) is 5.44. The average Bonchev–Trinajstić information content (AvgIpc) is 2.68. The first kappa shape index (κ1) is 17.4. The van der Waals surface area contributed by atoms with Gasteiger partial charge >= 0.3 is 0 Å². The summed E-state index contributed by atoms with van der Waals surface area (Å²) >= 11 is 0. The van der Waals surface area contributed by atoms with Gasteiger partial charge in [0.1, 0.15) is 5.70 Å². The number of aromatic nitrogens is 1. The highest BCUT2D eigenvalue weighted by molar-refractivity contribution is 6.18. The van der Waals surface area contributed by atoms with E-state index in [0.29, 0.717) is 0 Å². The summed E-state index contributed by atoms with van der Waals surface area (Å²) in [4.78, 5) is 25.2. The second kappa shape index (κ2) is 8.12. The third-order valence-corrected chi connectivity index (χ3v) is 4.06. The van der Waals surface area contributed by atoms with E-state index in [4.69, 9.17) is 0 Å². The number of hydrogen-bond acceptors (Lipinski definition) is 2. The van der Waals surface area contributed by atoms with Gasteiger partial charge in [0.05, 0.1) is 6.04 Å². The van der Waals surface area contributed by atoms with Crippen LogP contribution in [0.5, 0.6) is 0 Å². The largest absolute Gasteiger partial charge is 0.344 e. The predicted octanol–water partition coefficient (Wildman–Crippen LogP) is 3.72. The molecule has 2 aromatic carbocycles. The minimum absolute atomic E-state index is 0.178. The molecule has 1 N–H and O–H groups in total. The molecule has 4 heteroatoms. The van der Waals surface area contributed by atoms with Gasteiger partial charge in [-0.2, -0.15) is 0 Å². The Morgan fingerprint density at radius 3 is 2.19 bits per heavy atom. The van der Waals surface area contributed by atoms with E-state index < -0.39 is 0 Å². The molecule has 0 aliphatic rings. The fraction of sp³-hybridized carbons (Fsp3) is 0.0909. The molecule has 0 spiro atoms. The number of carbonyl (C=O) groups excluding carboxylic acids is 1. The minimum Gasteiger partial charge on any atom is -0.344 e. The molecule has 1 unspecified atom stereocenters. The van der Waals surface area contributed by atoms with Crippen LogP contribution in [0.3, 0.4) is 0 Å². The van der Waals surface area contributed by atoms with E-state index in [-0.39, 0.29) is 23.2 Å². The quantitative estimate of drug-likeness (QED) is 0.717. The molecule has 1 aromatic heterocycles. The summed E-state index contributed by atoms with van der Waals surface area (Å²) in [5.74, 6) is -0.307. The molecule has 0 bridgehead atoms. The van der Waals surface area contributed by atoms with Crippen LogP contribution in [0.15, 0.2) is 89.9 Å². The highest BCUT2D eigenvalue weighted by Gasteiger charge is 2.16. The van der Waals surface area contributed by atoms with Crippen molar-refractivity contribution >= 4 is 17.7 Å². The molecular weight excluding hydrogens is 324 g/mol. The number of nitrogens with one attached hydrogen (secondary N) is 1. The third kappa shape index (κ3) is 4.16. The third-order valence-electron chi connectivity index (χ3n) is 4.06. The van der Waals surface area contributed by atoms with Gasteiger partial charge in [0, 0.05) is 12.3 Å². The minimum atomic E-state index is -0.307. The van der Waals surface area contributed by atoms with Gasteiger partial charge < -0.3 is 5.32 Å². The molecule has 0 fully saturated rings. The number of carbonyl (C=O) groups is 1. The van der Waals surface area contributed by atoms with Crippen molar-refractivity contribution in [2.45, 2.75) is 13.0 Å². The highest BCUT2D eigenvalue weighted by Crippen LogP contribution is 2.15. The summed E-state index contributed by atoms with van der Waals surface area (Å²) in [5, 5.41) is 2.98. The van der Waals surface area contributed by atoms with Gasteiger partial charge in [-0.1, -0.05) is 66.7 Å². The second-order valence-electron chi connectivity index (χ2n) is 5.95. The van der Waals surface area contributed by atoms with Crippen molar-refractivity contribution in [3.8, 4) is 0 Å². The molecule has 0 saturated carbocycles. The molecule has 0 aliphatic heterocycles. The zero-order valence-corrected chi connectivity index (χ0v) is 14.5. The summed E-state index contributed by atoms with van der Waals surface area (Å²) in [7, 11) is 0. The molecule has 26 heavy (non-hydrogen) atoms. The molecular formula is C22H20N2O2. The van der Waals surface area contributed by atoms with Gasteiger partial charge in [0.2, 0.25) is 0 Å². The normalized spacial score (nSPS) is 12.4. The number of hydrogen-bond donors (Lipinski definition) is 1. The Morgan fingerprint density at radius 2 is 1.54 bits per heavy atom. The Bertz CT molecular complexity index is 960. The van der Waals surface area contributed by atoms with Gasteiger partial charge in [0.15, 0.2) is 0 Å². The SMILES string of the molecule is CC(NC(=O)/C(=C\c1ccccc1)n1ccccc1=O)c1ccccc1. The van der Waals surface area contributed by atoms with Gasteiger partial charge in [-0.15, -0.1) is 0 Å². The lowest BCUT2D eigenvalue weighted by molar-refractivity contribution is -0.116. The first-order valence-corrected chi connectivity index (χ1v) is 8.46. The van der Waals surface area contributed by atoms with Crippen LogP contribution in [-0.2, 0) is 4.79 Å². The van der Waals surface area contributed by atoms with E-state index in [0.717, 1.165) is 11.1 Å². The molecule has 0 radical (unpaired) electrons. The lowest BCUT2D eigenvalue weighted by Gasteiger charge is -2.17. The van der Waals surface area contributed by atoms with Gasteiger partial charge in [-0.05, 0) is 30.2 Å². The second-order valence-corrected chi connectivity index (χ2v) is 5.95. The maximum absolute atomic E-state index is 12.9. The van der Waals surface area contributed by atoms with Crippen molar-refractivity contribution in [2.24, 2.45) is 0 Å². The predicted molar refractivity (Wildman–Crippen MR) is 104 cm³/mol. The topological polar surface area (TPSA) is 51.1 Å². The summed E-state index contributed by atoms with van der Waals surface area (Å²) in [5.41, 5.74) is 1.88. The van der Waals surface area contributed by atoms with Crippen LogP contribution in [-0.4, -0.2) is 10.5 Å². The highest BCUT2D eigenvalue weighted by atomic mass is 16.2. The number of benzene rings is 2.